The minimum Gasteiger partial charge on any atom is -0.477 e. The molecule has 6 nitrogen and oxygen atoms in total. The maximum Gasteiger partial charge on any atom is 0.352 e. The molecule has 0 unspecified atom stereocenters. The zero-order valence-electron chi connectivity index (χ0n) is 18.9. The number of benzene rings is 3. The van der Waals surface area contributed by atoms with Crippen molar-refractivity contribution in [1.29, 1.82) is 0 Å². The van der Waals surface area contributed by atoms with Crippen LogP contribution < -0.4 is 14.8 Å². The van der Waals surface area contributed by atoms with Crippen LogP contribution >= 0.6 is 34.8 Å². The highest BCUT2D eigenvalue weighted by Crippen LogP contribution is 2.40. The molecule has 0 fully saturated rings. The Balaban J connectivity index is 1.31. The Morgan fingerprint density at radius 3 is 2.36 bits per heavy atom. The van der Waals surface area contributed by atoms with Gasteiger partial charge < -0.3 is 24.5 Å². The van der Waals surface area contributed by atoms with E-state index in [4.69, 9.17) is 44.3 Å². The summed E-state index contributed by atoms with van der Waals surface area (Å²) in [5.41, 5.74) is 4.54. The van der Waals surface area contributed by atoms with Crippen molar-refractivity contribution in [1.82, 2.24) is 4.57 Å². The molecule has 4 aromatic rings. The monoisotopic (exact) mass is 542 g/mol. The fourth-order valence-electron chi connectivity index (χ4n) is 4.17. The molecule has 0 amide bonds. The number of fused-ring (bicyclic) bond motifs is 1. The van der Waals surface area contributed by atoms with Gasteiger partial charge in [-0.25, -0.2) is 4.79 Å². The summed E-state index contributed by atoms with van der Waals surface area (Å²) < 4.78 is 12.7. The molecule has 1 aromatic heterocycles. The van der Waals surface area contributed by atoms with Crippen LogP contribution in [0.25, 0.3) is 0 Å². The quantitative estimate of drug-likeness (QED) is 0.247. The maximum atomic E-state index is 11.9. The number of nitrogens with zero attached hydrogens (tertiary/aromatic N) is 1. The van der Waals surface area contributed by atoms with Gasteiger partial charge in [0.2, 0.25) is 6.79 Å². The molecule has 9 heteroatoms. The van der Waals surface area contributed by atoms with Gasteiger partial charge in [0.25, 0.3) is 0 Å². The highest BCUT2D eigenvalue weighted by molar-refractivity contribution is 6.36. The topological polar surface area (TPSA) is 72.7 Å². The Morgan fingerprint density at radius 2 is 1.64 bits per heavy atom. The Labute approximate surface area is 222 Å². The van der Waals surface area contributed by atoms with Crippen LogP contribution in [0.15, 0.2) is 66.9 Å². The number of rotatable bonds is 8. The first kappa shape index (κ1) is 24.4. The van der Waals surface area contributed by atoms with Crippen LogP contribution in [-0.2, 0) is 19.5 Å². The van der Waals surface area contributed by atoms with Crippen molar-refractivity contribution in [2.24, 2.45) is 0 Å². The number of nitrogens with one attached hydrogen (secondary N) is 1. The van der Waals surface area contributed by atoms with E-state index in [9.17, 15) is 9.90 Å². The number of ether oxygens (including phenoxy) is 2. The average molecular weight is 544 g/mol. The van der Waals surface area contributed by atoms with Crippen LogP contribution in [0.1, 0.15) is 32.7 Å². The zero-order valence-corrected chi connectivity index (χ0v) is 21.2. The van der Waals surface area contributed by atoms with E-state index in [2.05, 4.69) is 5.32 Å². The Kier molecular flexibility index (Phi) is 7.01. The summed E-state index contributed by atoms with van der Waals surface area (Å²) in [5.74, 6) is 0.138. The van der Waals surface area contributed by atoms with Crippen LogP contribution in [0.5, 0.6) is 11.5 Å². The third kappa shape index (κ3) is 5.12. The minimum atomic E-state index is -1.01. The molecule has 0 saturated carbocycles. The van der Waals surface area contributed by atoms with E-state index in [-0.39, 0.29) is 19.0 Å². The van der Waals surface area contributed by atoms with E-state index in [0.717, 1.165) is 22.4 Å². The van der Waals surface area contributed by atoms with Gasteiger partial charge in [0, 0.05) is 44.6 Å². The predicted molar refractivity (Wildman–Crippen MR) is 141 cm³/mol. The number of carbonyl (C=O) groups is 1. The number of halogens is 3. The minimum absolute atomic E-state index is 0.113. The Hall–Kier alpha value is -3.32. The lowest BCUT2D eigenvalue weighted by Gasteiger charge is -2.11. The smallest absolute Gasteiger partial charge is 0.352 e. The molecule has 0 bridgehead atoms. The summed E-state index contributed by atoms with van der Waals surface area (Å²) in [7, 11) is 0. The molecule has 0 spiro atoms. The van der Waals surface area contributed by atoms with Gasteiger partial charge in [0.1, 0.15) is 5.69 Å². The third-order valence-electron chi connectivity index (χ3n) is 5.98. The van der Waals surface area contributed by atoms with Crippen molar-refractivity contribution in [3.63, 3.8) is 0 Å². The lowest BCUT2D eigenvalue weighted by atomic mass is 10.1. The standard InChI is InChI=1S/C27H21Cl3N2O4/c28-21-2-1-3-22(29)19(21)12-31-18-6-4-16(5-7-18)10-17-11-24(27(33)34)32(13-17)14-20-23(30)8-9-25-26(20)36-15-35-25/h1-9,11,13,31H,10,12,14-15H2,(H,33,34). The van der Waals surface area contributed by atoms with E-state index in [1.807, 2.05) is 48.7 Å². The molecule has 1 aliphatic rings. The molecular formula is C27H21Cl3N2O4. The highest BCUT2D eigenvalue weighted by Gasteiger charge is 2.22. The van der Waals surface area contributed by atoms with Crippen molar-refractivity contribution in [2.75, 3.05) is 12.1 Å². The molecule has 0 aliphatic carbocycles. The first-order chi connectivity index (χ1) is 17.4. The summed E-state index contributed by atoms with van der Waals surface area (Å²) in [6.07, 6.45) is 2.41. The van der Waals surface area contributed by atoms with Crippen molar-refractivity contribution in [3.8, 4) is 11.5 Å². The lowest BCUT2D eigenvalue weighted by Crippen LogP contribution is -2.09. The van der Waals surface area contributed by atoms with Crippen molar-refractivity contribution in [3.05, 3.63) is 110 Å². The second-order valence-corrected chi connectivity index (χ2v) is 9.58. The van der Waals surface area contributed by atoms with Crippen LogP contribution in [0.4, 0.5) is 5.69 Å². The van der Waals surface area contributed by atoms with Crippen LogP contribution in [0, 0.1) is 0 Å². The highest BCUT2D eigenvalue weighted by atomic mass is 35.5. The molecule has 0 radical (unpaired) electrons. The van der Waals surface area contributed by atoms with Gasteiger partial charge >= 0.3 is 5.97 Å². The van der Waals surface area contributed by atoms with E-state index in [1.165, 1.54) is 0 Å². The van der Waals surface area contributed by atoms with E-state index in [0.29, 0.717) is 45.1 Å². The van der Waals surface area contributed by atoms with Gasteiger partial charge in [0.15, 0.2) is 11.5 Å². The van der Waals surface area contributed by atoms with Crippen molar-refractivity contribution in [2.45, 2.75) is 19.5 Å². The van der Waals surface area contributed by atoms with E-state index < -0.39 is 5.97 Å². The van der Waals surface area contributed by atoms with Gasteiger partial charge in [-0.3, -0.25) is 0 Å². The molecular weight excluding hydrogens is 523 g/mol. The Bertz CT molecular complexity index is 1410. The van der Waals surface area contributed by atoms with Gasteiger partial charge in [-0.15, -0.1) is 0 Å². The summed E-state index contributed by atoms with van der Waals surface area (Å²) in [5, 5.41) is 14.8. The average Bonchev–Trinajstić information content (AvgIpc) is 3.49. The molecule has 36 heavy (non-hydrogen) atoms. The predicted octanol–water partition coefficient (Wildman–Crippen LogP) is 7.13. The number of aromatic nitrogens is 1. The normalized spacial score (nSPS) is 12.1. The van der Waals surface area contributed by atoms with Gasteiger partial charge in [-0.2, -0.15) is 0 Å². The zero-order chi connectivity index (χ0) is 25.2. The number of hydrogen-bond acceptors (Lipinski definition) is 4. The fraction of sp³-hybridized carbons (Fsp3) is 0.148. The van der Waals surface area contributed by atoms with Crippen LogP contribution in [0.2, 0.25) is 15.1 Å². The van der Waals surface area contributed by atoms with Gasteiger partial charge in [-0.05, 0) is 60.0 Å². The van der Waals surface area contributed by atoms with E-state index >= 15 is 0 Å². The molecule has 0 saturated heterocycles. The second kappa shape index (κ2) is 10.3. The second-order valence-electron chi connectivity index (χ2n) is 8.35. The number of hydrogen-bond donors (Lipinski definition) is 2. The van der Waals surface area contributed by atoms with Crippen LogP contribution in [-0.4, -0.2) is 22.4 Å². The van der Waals surface area contributed by atoms with Crippen molar-refractivity contribution >= 4 is 46.5 Å². The molecule has 1 aliphatic heterocycles. The van der Waals surface area contributed by atoms with E-state index in [1.54, 1.807) is 22.8 Å². The van der Waals surface area contributed by atoms with Crippen LogP contribution in [0.3, 0.4) is 0 Å². The first-order valence-electron chi connectivity index (χ1n) is 11.1. The molecule has 5 rings (SSSR count). The molecule has 2 heterocycles. The summed E-state index contributed by atoms with van der Waals surface area (Å²) in [4.78, 5) is 11.9. The summed E-state index contributed by atoms with van der Waals surface area (Å²) >= 11 is 18.9. The number of anilines is 1. The molecule has 2 N–H and O–H groups in total. The summed E-state index contributed by atoms with van der Waals surface area (Å²) in [6.45, 7) is 0.866. The SMILES string of the molecule is O=C(O)c1cc(Cc2ccc(NCc3c(Cl)cccc3Cl)cc2)cn1Cc1c(Cl)ccc2c1OCO2. The van der Waals surface area contributed by atoms with Gasteiger partial charge in [-0.1, -0.05) is 53.0 Å². The maximum absolute atomic E-state index is 11.9. The first-order valence-corrected chi connectivity index (χ1v) is 12.3. The largest absolute Gasteiger partial charge is 0.477 e. The number of carboxylic acids is 1. The number of carboxylic acid groups (broad SMARTS) is 1. The third-order valence-corrected chi connectivity index (χ3v) is 7.04. The molecule has 184 valence electrons. The molecule has 3 aromatic carbocycles. The molecule has 0 atom stereocenters. The Morgan fingerprint density at radius 1 is 0.917 bits per heavy atom. The van der Waals surface area contributed by atoms with Gasteiger partial charge in [0.05, 0.1) is 6.54 Å². The number of aromatic carboxylic acids is 1. The lowest BCUT2D eigenvalue weighted by molar-refractivity contribution is 0.0685. The van der Waals surface area contributed by atoms with Crippen molar-refractivity contribution < 1.29 is 19.4 Å². The fourth-order valence-corrected chi connectivity index (χ4v) is 4.91. The summed E-state index contributed by atoms with van der Waals surface area (Å²) in [6, 6.07) is 18.5.